The molecule has 1 rings (SSSR count). The van der Waals surface area contributed by atoms with E-state index in [0.717, 1.165) is 6.42 Å². The van der Waals surface area contributed by atoms with Gasteiger partial charge >= 0.3 is 0 Å². The second-order valence-electron chi connectivity index (χ2n) is 3.67. The highest BCUT2D eigenvalue weighted by molar-refractivity contribution is 5.21. The van der Waals surface area contributed by atoms with Gasteiger partial charge in [-0.2, -0.15) is 0 Å². The lowest BCUT2D eigenvalue weighted by Gasteiger charge is -2.09. The number of hydrogen-bond acceptors (Lipinski definition) is 2. The highest BCUT2D eigenvalue weighted by atomic mass is 16.5. The van der Waals surface area contributed by atoms with Crippen molar-refractivity contribution in [3.8, 4) is 0 Å². The lowest BCUT2D eigenvalue weighted by Crippen LogP contribution is -2.24. The summed E-state index contributed by atoms with van der Waals surface area (Å²) in [4.78, 5) is 0. The number of benzene rings is 1. The fourth-order valence-electron chi connectivity index (χ4n) is 1.25. The molecule has 2 N–H and O–H groups in total. The Morgan fingerprint density at radius 2 is 2.21 bits per heavy atom. The van der Waals surface area contributed by atoms with Crippen LogP contribution in [0, 0.1) is 6.92 Å². The highest BCUT2D eigenvalue weighted by Gasteiger charge is 1.99. The van der Waals surface area contributed by atoms with Crippen molar-refractivity contribution >= 4 is 0 Å². The lowest BCUT2D eigenvalue weighted by atomic mass is 10.1. The zero-order valence-electron chi connectivity index (χ0n) is 8.99. The molecular formula is C12H19NO. The van der Waals surface area contributed by atoms with Crippen LogP contribution in [-0.4, -0.2) is 12.6 Å². The fourth-order valence-corrected chi connectivity index (χ4v) is 1.25. The van der Waals surface area contributed by atoms with Gasteiger partial charge in [0.2, 0.25) is 0 Å². The smallest absolute Gasteiger partial charge is 0.0717 e. The van der Waals surface area contributed by atoms with E-state index in [1.165, 1.54) is 11.1 Å². The topological polar surface area (TPSA) is 35.2 Å². The number of nitrogens with two attached hydrogens (primary N) is 1. The van der Waals surface area contributed by atoms with Gasteiger partial charge in [0.1, 0.15) is 0 Å². The van der Waals surface area contributed by atoms with Crippen LogP contribution >= 0.6 is 0 Å². The van der Waals surface area contributed by atoms with Gasteiger partial charge in [-0.3, -0.25) is 0 Å². The fraction of sp³-hybridized carbons (Fsp3) is 0.500. The predicted molar refractivity (Wildman–Crippen MR) is 59.1 cm³/mol. The van der Waals surface area contributed by atoms with Gasteiger partial charge < -0.3 is 10.5 Å². The molecule has 0 saturated heterocycles. The number of hydrogen-bond donors (Lipinski definition) is 1. The molecule has 1 aromatic rings. The normalized spacial score (nSPS) is 12.8. The largest absolute Gasteiger partial charge is 0.375 e. The van der Waals surface area contributed by atoms with E-state index in [9.17, 15) is 0 Å². The quantitative estimate of drug-likeness (QED) is 0.778. The van der Waals surface area contributed by atoms with Crippen LogP contribution in [0.2, 0.25) is 0 Å². The maximum Gasteiger partial charge on any atom is 0.0717 e. The van der Waals surface area contributed by atoms with Crippen molar-refractivity contribution in [2.45, 2.75) is 32.9 Å². The van der Waals surface area contributed by atoms with Gasteiger partial charge in [-0.1, -0.05) is 36.8 Å². The summed E-state index contributed by atoms with van der Waals surface area (Å²) in [6.07, 6.45) is 0.966. The first-order chi connectivity index (χ1) is 6.72. The third-order valence-electron chi connectivity index (χ3n) is 2.21. The van der Waals surface area contributed by atoms with E-state index in [-0.39, 0.29) is 6.04 Å². The van der Waals surface area contributed by atoms with E-state index in [1.54, 1.807) is 0 Å². The third-order valence-corrected chi connectivity index (χ3v) is 2.21. The van der Waals surface area contributed by atoms with Gasteiger partial charge in [0, 0.05) is 6.04 Å². The molecule has 0 fully saturated rings. The van der Waals surface area contributed by atoms with Crippen molar-refractivity contribution < 1.29 is 4.74 Å². The maximum absolute atomic E-state index is 5.74. The summed E-state index contributed by atoms with van der Waals surface area (Å²) < 4.78 is 5.50. The molecule has 0 aromatic heterocycles. The van der Waals surface area contributed by atoms with E-state index in [0.29, 0.717) is 13.2 Å². The van der Waals surface area contributed by atoms with Gasteiger partial charge in [0.25, 0.3) is 0 Å². The molecule has 0 bridgehead atoms. The minimum absolute atomic E-state index is 0.166. The molecule has 2 heteroatoms. The number of aryl methyl sites for hydroxylation is 1. The Morgan fingerprint density at radius 3 is 2.86 bits per heavy atom. The Labute approximate surface area is 86.1 Å². The van der Waals surface area contributed by atoms with Gasteiger partial charge in [0.15, 0.2) is 0 Å². The Kier molecular flexibility index (Phi) is 4.63. The minimum atomic E-state index is 0.166. The Hall–Kier alpha value is -0.860. The maximum atomic E-state index is 5.74. The first-order valence-electron chi connectivity index (χ1n) is 5.11. The van der Waals surface area contributed by atoms with Crippen LogP contribution in [0.25, 0.3) is 0 Å². The monoisotopic (exact) mass is 193 g/mol. The third kappa shape index (κ3) is 3.90. The standard InChI is InChI=1S/C12H19NO/c1-3-12(13)9-14-8-11-6-4-5-10(2)7-11/h4-7,12H,3,8-9,13H2,1-2H3/t12-/m1/s1. The molecule has 0 radical (unpaired) electrons. The number of ether oxygens (including phenoxy) is 1. The first kappa shape index (κ1) is 11.2. The Morgan fingerprint density at radius 1 is 1.43 bits per heavy atom. The molecule has 0 saturated carbocycles. The lowest BCUT2D eigenvalue weighted by molar-refractivity contribution is 0.107. The van der Waals surface area contributed by atoms with Crippen LogP contribution in [0.5, 0.6) is 0 Å². The first-order valence-corrected chi connectivity index (χ1v) is 5.11. The van der Waals surface area contributed by atoms with Crippen molar-refractivity contribution in [2.24, 2.45) is 5.73 Å². The number of rotatable bonds is 5. The summed E-state index contributed by atoms with van der Waals surface area (Å²) in [5.41, 5.74) is 8.23. The van der Waals surface area contributed by atoms with E-state index in [2.05, 4.69) is 32.0 Å². The summed E-state index contributed by atoms with van der Waals surface area (Å²) in [6.45, 7) is 5.46. The van der Waals surface area contributed by atoms with Crippen molar-refractivity contribution in [3.63, 3.8) is 0 Å². The molecule has 0 aliphatic heterocycles. The van der Waals surface area contributed by atoms with Crippen molar-refractivity contribution in [3.05, 3.63) is 35.4 Å². The zero-order valence-corrected chi connectivity index (χ0v) is 8.99. The molecule has 0 aliphatic carbocycles. The van der Waals surface area contributed by atoms with Crippen molar-refractivity contribution in [2.75, 3.05) is 6.61 Å². The predicted octanol–water partition coefficient (Wildman–Crippen LogP) is 2.25. The van der Waals surface area contributed by atoms with Gasteiger partial charge in [0.05, 0.1) is 13.2 Å². The van der Waals surface area contributed by atoms with Gasteiger partial charge in [-0.05, 0) is 18.9 Å². The second kappa shape index (κ2) is 5.78. The Bertz CT molecular complexity index is 273. The molecule has 0 amide bonds. The molecule has 0 heterocycles. The molecule has 1 aromatic carbocycles. The summed E-state index contributed by atoms with van der Waals surface area (Å²) in [6, 6.07) is 8.51. The van der Waals surface area contributed by atoms with Gasteiger partial charge in [-0.25, -0.2) is 0 Å². The summed E-state index contributed by atoms with van der Waals surface area (Å²) >= 11 is 0. The van der Waals surface area contributed by atoms with E-state index in [4.69, 9.17) is 10.5 Å². The van der Waals surface area contributed by atoms with Crippen LogP contribution < -0.4 is 5.73 Å². The van der Waals surface area contributed by atoms with Crippen LogP contribution in [0.4, 0.5) is 0 Å². The van der Waals surface area contributed by atoms with Crippen LogP contribution in [-0.2, 0) is 11.3 Å². The molecule has 0 aliphatic rings. The van der Waals surface area contributed by atoms with Crippen LogP contribution in [0.3, 0.4) is 0 Å². The molecule has 78 valence electrons. The summed E-state index contributed by atoms with van der Waals surface area (Å²) in [5, 5.41) is 0. The molecule has 1 atom stereocenters. The summed E-state index contributed by atoms with van der Waals surface area (Å²) in [7, 11) is 0. The average molecular weight is 193 g/mol. The molecular weight excluding hydrogens is 174 g/mol. The summed E-state index contributed by atoms with van der Waals surface area (Å²) in [5.74, 6) is 0. The van der Waals surface area contributed by atoms with E-state index >= 15 is 0 Å². The average Bonchev–Trinajstić information content (AvgIpc) is 2.17. The SMILES string of the molecule is CC[C@@H](N)COCc1cccc(C)c1. The molecule has 0 unspecified atom stereocenters. The van der Waals surface area contributed by atoms with Crippen molar-refractivity contribution in [1.29, 1.82) is 0 Å². The molecule has 2 nitrogen and oxygen atoms in total. The van der Waals surface area contributed by atoms with Gasteiger partial charge in [-0.15, -0.1) is 0 Å². The zero-order chi connectivity index (χ0) is 10.4. The van der Waals surface area contributed by atoms with Crippen LogP contribution in [0.15, 0.2) is 24.3 Å². The molecule has 0 spiro atoms. The van der Waals surface area contributed by atoms with Crippen molar-refractivity contribution in [1.82, 2.24) is 0 Å². The van der Waals surface area contributed by atoms with E-state index in [1.807, 2.05) is 6.07 Å². The second-order valence-corrected chi connectivity index (χ2v) is 3.67. The highest BCUT2D eigenvalue weighted by Crippen LogP contribution is 2.05. The molecule has 14 heavy (non-hydrogen) atoms. The minimum Gasteiger partial charge on any atom is -0.375 e. The van der Waals surface area contributed by atoms with E-state index < -0.39 is 0 Å². The Balaban J connectivity index is 2.31. The van der Waals surface area contributed by atoms with Crippen LogP contribution in [0.1, 0.15) is 24.5 Å².